The molecule has 0 radical (unpaired) electrons. The van der Waals surface area contributed by atoms with Crippen molar-refractivity contribution in [3.8, 4) is 0 Å². The number of thiazole rings is 1. The van der Waals surface area contributed by atoms with Crippen LogP contribution in [0.25, 0.3) is 10.2 Å². The number of hydrogen-bond donors (Lipinski definition) is 2. The van der Waals surface area contributed by atoms with Crippen LogP contribution in [0, 0.1) is 13.8 Å². The van der Waals surface area contributed by atoms with Crippen LogP contribution < -0.4 is 10.6 Å². The molecular formula is C22H17BrN4O2S. The first-order chi connectivity index (χ1) is 14.4. The average Bonchev–Trinajstić information content (AvgIpc) is 3.13. The summed E-state index contributed by atoms with van der Waals surface area (Å²) in [5.41, 5.74) is 3.91. The third-order valence-electron chi connectivity index (χ3n) is 4.56. The van der Waals surface area contributed by atoms with E-state index in [0.717, 1.165) is 21.3 Å². The van der Waals surface area contributed by atoms with E-state index >= 15 is 0 Å². The monoisotopic (exact) mass is 480 g/mol. The Labute approximate surface area is 185 Å². The summed E-state index contributed by atoms with van der Waals surface area (Å²) < 4.78 is 1.70. The maximum Gasteiger partial charge on any atom is 0.259 e. The minimum absolute atomic E-state index is 0.335. The Balaban J connectivity index is 1.62. The van der Waals surface area contributed by atoms with Crippen molar-refractivity contribution < 1.29 is 9.59 Å². The number of anilines is 2. The largest absolute Gasteiger partial charge is 0.321 e. The Kier molecular flexibility index (Phi) is 5.61. The summed E-state index contributed by atoms with van der Waals surface area (Å²) in [5.74, 6) is -0.680. The van der Waals surface area contributed by atoms with Crippen molar-refractivity contribution in [2.45, 2.75) is 13.8 Å². The molecule has 0 saturated heterocycles. The van der Waals surface area contributed by atoms with Crippen molar-refractivity contribution in [1.29, 1.82) is 0 Å². The van der Waals surface area contributed by atoms with Crippen LogP contribution in [0.4, 0.5) is 10.8 Å². The summed E-state index contributed by atoms with van der Waals surface area (Å²) in [7, 11) is 0. The molecule has 0 aliphatic carbocycles. The van der Waals surface area contributed by atoms with Crippen LogP contribution in [0.15, 0.2) is 59.3 Å². The maximum atomic E-state index is 13.0. The summed E-state index contributed by atoms with van der Waals surface area (Å²) in [4.78, 5) is 34.2. The Hall–Kier alpha value is -3.10. The molecule has 0 bridgehead atoms. The predicted octanol–water partition coefficient (Wildman–Crippen LogP) is 5.58. The summed E-state index contributed by atoms with van der Waals surface area (Å²) in [6, 6.07) is 12.9. The van der Waals surface area contributed by atoms with Crippen LogP contribution in [-0.4, -0.2) is 21.8 Å². The van der Waals surface area contributed by atoms with E-state index in [1.165, 1.54) is 17.5 Å². The third-order valence-corrected chi connectivity index (χ3v) is 5.93. The van der Waals surface area contributed by atoms with Crippen LogP contribution in [0.5, 0.6) is 0 Å². The van der Waals surface area contributed by atoms with E-state index in [-0.39, 0.29) is 11.8 Å². The van der Waals surface area contributed by atoms with E-state index in [1.54, 1.807) is 24.4 Å². The summed E-state index contributed by atoms with van der Waals surface area (Å²) in [6.07, 6.45) is 3.07. The highest BCUT2D eigenvalue weighted by atomic mass is 79.9. The van der Waals surface area contributed by atoms with Crippen molar-refractivity contribution in [1.82, 2.24) is 9.97 Å². The number of aryl methyl sites for hydroxylation is 2. The molecule has 4 aromatic rings. The number of nitrogens with zero attached hydrogens (tertiary/aromatic N) is 2. The van der Waals surface area contributed by atoms with E-state index in [1.807, 2.05) is 38.1 Å². The van der Waals surface area contributed by atoms with Gasteiger partial charge in [0.15, 0.2) is 5.13 Å². The zero-order valence-electron chi connectivity index (χ0n) is 16.2. The highest BCUT2D eigenvalue weighted by Crippen LogP contribution is 2.29. The van der Waals surface area contributed by atoms with Gasteiger partial charge < -0.3 is 5.32 Å². The van der Waals surface area contributed by atoms with Crippen LogP contribution in [0.1, 0.15) is 31.8 Å². The van der Waals surface area contributed by atoms with Gasteiger partial charge in [0.05, 0.1) is 27.0 Å². The van der Waals surface area contributed by atoms with Crippen molar-refractivity contribution in [3.63, 3.8) is 0 Å². The zero-order chi connectivity index (χ0) is 21.3. The van der Waals surface area contributed by atoms with E-state index in [4.69, 9.17) is 0 Å². The number of carbonyl (C=O) groups is 2. The summed E-state index contributed by atoms with van der Waals surface area (Å²) >= 11 is 4.73. The number of fused-ring (bicyclic) bond motifs is 1. The number of nitrogens with one attached hydrogen (secondary N) is 2. The van der Waals surface area contributed by atoms with Crippen molar-refractivity contribution in [2.75, 3.05) is 10.6 Å². The Bertz CT molecular complexity index is 1290. The quantitative estimate of drug-likeness (QED) is 0.399. The molecule has 4 rings (SSSR count). The van der Waals surface area contributed by atoms with E-state index < -0.39 is 0 Å². The molecule has 0 saturated carbocycles. The first-order valence-corrected chi connectivity index (χ1v) is 10.7. The number of halogens is 1. The van der Waals surface area contributed by atoms with Gasteiger partial charge in [-0.25, -0.2) is 4.98 Å². The second-order valence-corrected chi connectivity index (χ2v) is 8.68. The molecule has 0 unspecified atom stereocenters. The Morgan fingerprint density at radius 2 is 1.73 bits per heavy atom. The first kappa shape index (κ1) is 20.2. The Morgan fingerprint density at radius 3 is 2.50 bits per heavy atom. The average molecular weight is 481 g/mol. The highest BCUT2D eigenvalue weighted by molar-refractivity contribution is 9.10. The number of rotatable bonds is 4. The fourth-order valence-electron chi connectivity index (χ4n) is 3.05. The SMILES string of the molecule is Cc1cccc(C(=O)Nc2nc3c(C)cccc3s2)c1NC(=O)c1cncc(Br)c1. The molecule has 2 amide bonds. The molecule has 0 fully saturated rings. The Morgan fingerprint density at radius 1 is 0.967 bits per heavy atom. The third kappa shape index (κ3) is 4.10. The van der Waals surface area contributed by atoms with Gasteiger partial charge in [0, 0.05) is 16.9 Å². The van der Waals surface area contributed by atoms with Gasteiger partial charge in [0.25, 0.3) is 11.8 Å². The highest BCUT2D eigenvalue weighted by Gasteiger charge is 2.18. The van der Waals surface area contributed by atoms with Crippen LogP contribution in [0.2, 0.25) is 0 Å². The van der Waals surface area contributed by atoms with E-state index in [9.17, 15) is 9.59 Å². The fraction of sp³-hybridized carbons (Fsp3) is 0.0909. The second-order valence-electron chi connectivity index (χ2n) is 6.74. The zero-order valence-corrected chi connectivity index (χ0v) is 18.6. The first-order valence-electron chi connectivity index (χ1n) is 9.11. The van der Waals surface area contributed by atoms with Gasteiger partial charge in [-0.2, -0.15) is 0 Å². The minimum atomic E-state index is -0.345. The number of amides is 2. The molecule has 2 heterocycles. The van der Waals surface area contributed by atoms with E-state index in [0.29, 0.717) is 26.4 Å². The smallest absolute Gasteiger partial charge is 0.259 e. The minimum Gasteiger partial charge on any atom is -0.321 e. The number of benzene rings is 2. The lowest BCUT2D eigenvalue weighted by atomic mass is 10.1. The molecule has 8 heteroatoms. The van der Waals surface area contributed by atoms with E-state index in [2.05, 4.69) is 36.5 Å². The van der Waals surface area contributed by atoms with Gasteiger partial charge in [-0.15, -0.1) is 0 Å². The summed E-state index contributed by atoms with van der Waals surface area (Å²) in [5, 5.41) is 6.22. The number of aromatic nitrogens is 2. The molecular weight excluding hydrogens is 464 g/mol. The number of hydrogen-bond acceptors (Lipinski definition) is 5. The van der Waals surface area contributed by atoms with Gasteiger partial charge in [-0.1, -0.05) is 35.6 Å². The normalized spacial score (nSPS) is 10.8. The summed E-state index contributed by atoms with van der Waals surface area (Å²) in [6.45, 7) is 3.82. The molecule has 2 aromatic heterocycles. The van der Waals surface area contributed by atoms with Gasteiger partial charge >= 0.3 is 0 Å². The van der Waals surface area contributed by atoms with Crippen LogP contribution >= 0.6 is 27.3 Å². The van der Waals surface area contributed by atoms with Crippen LogP contribution in [0.3, 0.4) is 0 Å². The molecule has 2 aromatic carbocycles. The molecule has 30 heavy (non-hydrogen) atoms. The molecule has 0 aliphatic heterocycles. The molecule has 0 aliphatic rings. The van der Waals surface area contributed by atoms with Crippen LogP contribution in [-0.2, 0) is 0 Å². The predicted molar refractivity (Wildman–Crippen MR) is 123 cm³/mol. The van der Waals surface area contributed by atoms with Crippen molar-refractivity contribution in [3.05, 3.63) is 81.6 Å². The van der Waals surface area contributed by atoms with Crippen molar-refractivity contribution >= 4 is 60.1 Å². The van der Waals surface area contributed by atoms with Gasteiger partial charge in [0.2, 0.25) is 0 Å². The number of para-hydroxylation sites is 2. The molecule has 0 spiro atoms. The topological polar surface area (TPSA) is 84.0 Å². The van der Waals surface area contributed by atoms with Gasteiger partial charge in [0.1, 0.15) is 0 Å². The van der Waals surface area contributed by atoms with Crippen molar-refractivity contribution in [2.24, 2.45) is 0 Å². The van der Waals surface area contributed by atoms with Gasteiger partial charge in [-0.05, 0) is 59.1 Å². The number of pyridine rings is 1. The van der Waals surface area contributed by atoms with Gasteiger partial charge in [-0.3, -0.25) is 19.9 Å². The second kappa shape index (κ2) is 8.33. The lowest BCUT2D eigenvalue weighted by Crippen LogP contribution is -2.19. The maximum absolute atomic E-state index is 13.0. The molecule has 150 valence electrons. The molecule has 6 nitrogen and oxygen atoms in total. The lowest BCUT2D eigenvalue weighted by Gasteiger charge is -2.13. The molecule has 0 atom stereocenters. The fourth-order valence-corrected chi connectivity index (χ4v) is 4.35. The molecule has 2 N–H and O–H groups in total. The number of carbonyl (C=O) groups excluding carboxylic acids is 2. The standard InChI is InChI=1S/C22H17BrN4O2S/c1-12-5-3-7-16(18(12)25-20(28)14-9-15(23)11-24-10-14)21(29)27-22-26-19-13(2)6-4-8-17(19)30-22/h3-11H,1-2H3,(H,25,28)(H,26,27,29). The lowest BCUT2D eigenvalue weighted by molar-refractivity contribution is 0.102.